The molecule has 0 aliphatic heterocycles. The standard InChI is InChI=1S/C11H18O/c1-9(2)7-8-10-5-3-4-6-11(10)12/h7-8,10-12H,1,3-6H2,2H3/b8-7+/t10-,11+/m0/s1. The van der Waals surface area contributed by atoms with Crippen LogP contribution in [-0.2, 0) is 0 Å². The molecule has 0 aromatic carbocycles. The first-order valence-electron chi connectivity index (χ1n) is 4.72. The number of aliphatic hydroxyl groups excluding tert-OH is 1. The summed E-state index contributed by atoms with van der Waals surface area (Å²) in [6.45, 7) is 5.77. The summed E-state index contributed by atoms with van der Waals surface area (Å²) in [5.74, 6) is 0.371. The molecule has 1 N–H and O–H groups in total. The van der Waals surface area contributed by atoms with Crippen LogP contribution in [0.5, 0.6) is 0 Å². The highest BCUT2D eigenvalue weighted by Gasteiger charge is 2.19. The first kappa shape index (κ1) is 9.53. The zero-order valence-corrected chi connectivity index (χ0v) is 7.79. The van der Waals surface area contributed by atoms with Crippen LogP contribution in [-0.4, -0.2) is 11.2 Å². The molecule has 1 aliphatic carbocycles. The second kappa shape index (κ2) is 4.46. The normalized spacial score (nSPS) is 30.8. The lowest BCUT2D eigenvalue weighted by Gasteiger charge is -2.24. The number of allylic oxidation sites excluding steroid dienone is 2. The Balaban J connectivity index is 2.43. The van der Waals surface area contributed by atoms with Crippen LogP contribution in [0.4, 0.5) is 0 Å². The van der Waals surface area contributed by atoms with E-state index in [1.165, 1.54) is 12.8 Å². The molecule has 1 saturated carbocycles. The van der Waals surface area contributed by atoms with Gasteiger partial charge < -0.3 is 5.11 Å². The van der Waals surface area contributed by atoms with Crippen molar-refractivity contribution < 1.29 is 5.11 Å². The molecule has 1 rings (SSSR count). The minimum Gasteiger partial charge on any atom is -0.393 e. The van der Waals surface area contributed by atoms with E-state index >= 15 is 0 Å². The molecule has 0 bridgehead atoms. The summed E-state index contributed by atoms with van der Waals surface area (Å²) in [6.07, 6.45) is 8.52. The molecule has 1 fully saturated rings. The second-order valence-electron chi connectivity index (χ2n) is 3.72. The lowest BCUT2D eigenvalue weighted by molar-refractivity contribution is 0.0927. The van der Waals surface area contributed by atoms with Gasteiger partial charge in [0.15, 0.2) is 0 Å². The summed E-state index contributed by atoms with van der Waals surface area (Å²) in [6, 6.07) is 0. The fourth-order valence-corrected chi connectivity index (χ4v) is 1.65. The molecule has 0 spiro atoms. The Morgan fingerprint density at radius 2 is 2.08 bits per heavy atom. The Hall–Kier alpha value is -0.560. The summed E-state index contributed by atoms with van der Waals surface area (Å²) in [7, 11) is 0. The van der Waals surface area contributed by atoms with Crippen molar-refractivity contribution in [3.05, 3.63) is 24.3 Å². The fraction of sp³-hybridized carbons (Fsp3) is 0.636. The van der Waals surface area contributed by atoms with Crippen molar-refractivity contribution in [3.63, 3.8) is 0 Å². The zero-order valence-electron chi connectivity index (χ0n) is 7.79. The summed E-state index contributed by atoms with van der Waals surface area (Å²) in [4.78, 5) is 0. The van der Waals surface area contributed by atoms with E-state index in [9.17, 15) is 5.11 Å². The van der Waals surface area contributed by atoms with Crippen molar-refractivity contribution in [2.45, 2.75) is 38.7 Å². The summed E-state index contributed by atoms with van der Waals surface area (Å²) >= 11 is 0. The second-order valence-corrected chi connectivity index (χ2v) is 3.72. The van der Waals surface area contributed by atoms with E-state index in [1.54, 1.807) is 0 Å². The van der Waals surface area contributed by atoms with Crippen molar-refractivity contribution in [3.8, 4) is 0 Å². The predicted octanol–water partition coefficient (Wildman–Crippen LogP) is 2.67. The summed E-state index contributed by atoms with van der Waals surface area (Å²) in [5, 5.41) is 9.60. The maximum absolute atomic E-state index is 9.60. The van der Waals surface area contributed by atoms with E-state index in [0.717, 1.165) is 18.4 Å². The van der Waals surface area contributed by atoms with Gasteiger partial charge >= 0.3 is 0 Å². The fourth-order valence-electron chi connectivity index (χ4n) is 1.65. The van der Waals surface area contributed by atoms with Gasteiger partial charge in [0, 0.05) is 5.92 Å². The van der Waals surface area contributed by atoms with E-state index < -0.39 is 0 Å². The number of hydrogen-bond donors (Lipinski definition) is 1. The van der Waals surface area contributed by atoms with E-state index in [2.05, 4.69) is 12.7 Å². The Bertz CT molecular complexity index is 181. The van der Waals surface area contributed by atoms with E-state index in [0.29, 0.717) is 5.92 Å². The highest BCUT2D eigenvalue weighted by Crippen LogP contribution is 2.25. The quantitative estimate of drug-likeness (QED) is 0.625. The predicted molar refractivity (Wildman–Crippen MR) is 51.9 cm³/mol. The Morgan fingerprint density at radius 1 is 1.42 bits per heavy atom. The van der Waals surface area contributed by atoms with Crippen molar-refractivity contribution in [2.75, 3.05) is 0 Å². The summed E-state index contributed by atoms with van der Waals surface area (Å²) < 4.78 is 0. The largest absolute Gasteiger partial charge is 0.393 e. The van der Waals surface area contributed by atoms with Gasteiger partial charge in [-0.2, -0.15) is 0 Å². The van der Waals surface area contributed by atoms with Crippen LogP contribution >= 0.6 is 0 Å². The monoisotopic (exact) mass is 166 g/mol. The van der Waals surface area contributed by atoms with Crippen molar-refractivity contribution in [1.82, 2.24) is 0 Å². The van der Waals surface area contributed by atoms with Crippen LogP contribution in [0.1, 0.15) is 32.6 Å². The third-order valence-corrected chi connectivity index (χ3v) is 2.41. The van der Waals surface area contributed by atoms with Gasteiger partial charge in [-0.1, -0.05) is 37.1 Å². The first-order chi connectivity index (χ1) is 5.70. The van der Waals surface area contributed by atoms with Crippen LogP contribution in [0.2, 0.25) is 0 Å². The lowest BCUT2D eigenvalue weighted by Crippen LogP contribution is -2.22. The molecule has 0 amide bonds. The van der Waals surface area contributed by atoms with Crippen LogP contribution in [0.3, 0.4) is 0 Å². The minimum atomic E-state index is -0.116. The van der Waals surface area contributed by atoms with Crippen LogP contribution < -0.4 is 0 Å². The van der Waals surface area contributed by atoms with E-state index in [4.69, 9.17) is 0 Å². The van der Waals surface area contributed by atoms with Crippen molar-refractivity contribution >= 4 is 0 Å². The Labute approximate surface area is 74.8 Å². The Morgan fingerprint density at radius 3 is 2.67 bits per heavy atom. The molecule has 1 heteroatoms. The minimum absolute atomic E-state index is 0.116. The van der Waals surface area contributed by atoms with Crippen LogP contribution in [0, 0.1) is 5.92 Å². The van der Waals surface area contributed by atoms with E-state index in [-0.39, 0.29) is 6.10 Å². The Kier molecular flexibility index (Phi) is 3.54. The molecule has 0 unspecified atom stereocenters. The van der Waals surface area contributed by atoms with Gasteiger partial charge in [0.25, 0.3) is 0 Å². The van der Waals surface area contributed by atoms with Crippen molar-refractivity contribution in [1.29, 1.82) is 0 Å². The van der Waals surface area contributed by atoms with Gasteiger partial charge in [0.1, 0.15) is 0 Å². The lowest BCUT2D eigenvalue weighted by atomic mass is 9.86. The third kappa shape index (κ3) is 2.82. The topological polar surface area (TPSA) is 20.2 Å². The molecule has 0 aromatic heterocycles. The molecule has 0 heterocycles. The highest BCUT2D eigenvalue weighted by molar-refractivity contribution is 5.12. The molecular formula is C11H18O. The number of rotatable bonds is 2. The molecule has 68 valence electrons. The first-order valence-corrected chi connectivity index (χ1v) is 4.72. The van der Waals surface area contributed by atoms with Crippen molar-refractivity contribution in [2.24, 2.45) is 5.92 Å². The average Bonchev–Trinajstić information content (AvgIpc) is 2.03. The van der Waals surface area contributed by atoms with E-state index in [1.807, 2.05) is 13.0 Å². The molecule has 0 aromatic rings. The van der Waals surface area contributed by atoms with Gasteiger partial charge in [-0.15, -0.1) is 0 Å². The number of hydrogen-bond acceptors (Lipinski definition) is 1. The van der Waals surface area contributed by atoms with Gasteiger partial charge in [-0.05, 0) is 19.8 Å². The van der Waals surface area contributed by atoms with Gasteiger partial charge in [0.05, 0.1) is 6.10 Å². The van der Waals surface area contributed by atoms with Crippen LogP contribution in [0.25, 0.3) is 0 Å². The molecule has 0 radical (unpaired) electrons. The van der Waals surface area contributed by atoms with Gasteiger partial charge in [-0.3, -0.25) is 0 Å². The molecule has 1 aliphatic rings. The smallest absolute Gasteiger partial charge is 0.0602 e. The summed E-state index contributed by atoms with van der Waals surface area (Å²) in [5.41, 5.74) is 1.06. The molecular weight excluding hydrogens is 148 g/mol. The third-order valence-electron chi connectivity index (χ3n) is 2.41. The van der Waals surface area contributed by atoms with Gasteiger partial charge in [-0.25, -0.2) is 0 Å². The molecule has 2 atom stereocenters. The average molecular weight is 166 g/mol. The maximum atomic E-state index is 9.60. The SMILES string of the molecule is C=C(C)/C=C/[C@@H]1CCCC[C@H]1O. The van der Waals surface area contributed by atoms with Crippen LogP contribution in [0.15, 0.2) is 24.3 Å². The van der Waals surface area contributed by atoms with Gasteiger partial charge in [0.2, 0.25) is 0 Å². The molecule has 1 nitrogen and oxygen atoms in total. The zero-order chi connectivity index (χ0) is 8.97. The highest BCUT2D eigenvalue weighted by atomic mass is 16.3. The molecule has 12 heavy (non-hydrogen) atoms. The molecule has 0 saturated heterocycles. The maximum Gasteiger partial charge on any atom is 0.0602 e. The number of aliphatic hydroxyl groups is 1.